The van der Waals surface area contributed by atoms with Crippen LogP contribution in [-0.4, -0.2) is 95.8 Å². The lowest BCUT2D eigenvalue weighted by Crippen LogP contribution is -2.52. The predicted molar refractivity (Wildman–Crippen MR) is 134 cm³/mol. The second kappa shape index (κ2) is 11.5. The summed E-state index contributed by atoms with van der Waals surface area (Å²) < 4.78 is 1.88. The number of rotatable bonds is 6. The molecule has 174 valence electrons. The zero-order chi connectivity index (χ0) is 20.9. The molecule has 2 saturated heterocycles. The summed E-state index contributed by atoms with van der Waals surface area (Å²) in [6.45, 7) is 7.73. The van der Waals surface area contributed by atoms with E-state index < -0.39 is 0 Å². The monoisotopic (exact) mass is 543 g/mol. The molecule has 1 amide bonds. The lowest BCUT2D eigenvalue weighted by Gasteiger charge is -2.38. The summed E-state index contributed by atoms with van der Waals surface area (Å²) in [5.74, 6) is 2.40. The second-order valence-electron chi connectivity index (χ2n) is 9.10. The number of nitrogens with one attached hydrogen (secondary N) is 1. The van der Waals surface area contributed by atoms with Crippen LogP contribution in [-0.2, 0) is 18.3 Å². The van der Waals surface area contributed by atoms with E-state index in [1.807, 2.05) is 25.0 Å². The Kier molecular flexibility index (Phi) is 9.00. The minimum absolute atomic E-state index is 0. The largest absolute Gasteiger partial charge is 0.355 e. The topological polar surface area (TPSA) is 69.0 Å². The fourth-order valence-corrected chi connectivity index (χ4v) is 4.87. The molecule has 1 atom stereocenters. The minimum atomic E-state index is 0. The number of carbonyl (C=O) groups excluding carboxylic acids is 1. The first-order chi connectivity index (χ1) is 14.6. The van der Waals surface area contributed by atoms with E-state index in [1.165, 1.54) is 18.4 Å². The van der Waals surface area contributed by atoms with Crippen molar-refractivity contribution < 1.29 is 4.79 Å². The number of guanidine groups is 1. The van der Waals surface area contributed by atoms with Gasteiger partial charge in [-0.25, -0.2) is 0 Å². The molecule has 1 N–H and O–H groups in total. The highest BCUT2D eigenvalue weighted by Crippen LogP contribution is 2.28. The van der Waals surface area contributed by atoms with Gasteiger partial charge in [-0.1, -0.05) is 6.42 Å². The smallest absolute Gasteiger partial charge is 0.225 e. The van der Waals surface area contributed by atoms with E-state index >= 15 is 0 Å². The summed E-state index contributed by atoms with van der Waals surface area (Å²) in [7, 11) is 3.85. The van der Waals surface area contributed by atoms with E-state index in [4.69, 9.17) is 0 Å². The number of amides is 1. The van der Waals surface area contributed by atoms with Crippen LogP contribution in [0.4, 0.5) is 0 Å². The minimum Gasteiger partial charge on any atom is -0.355 e. The molecule has 1 unspecified atom stereocenters. The Morgan fingerprint density at radius 2 is 1.94 bits per heavy atom. The lowest BCUT2D eigenvalue weighted by atomic mass is 9.84. The van der Waals surface area contributed by atoms with Crippen molar-refractivity contribution >= 4 is 35.8 Å². The van der Waals surface area contributed by atoms with Gasteiger partial charge < -0.3 is 15.1 Å². The molecule has 0 spiro atoms. The zero-order valence-corrected chi connectivity index (χ0v) is 21.3. The van der Waals surface area contributed by atoms with E-state index in [9.17, 15) is 4.79 Å². The second-order valence-corrected chi connectivity index (χ2v) is 9.10. The Morgan fingerprint density at radius 1 is 1.16 bits per heavy atom. The fraction of sp³-hybridized carbons (Fsp3) is 0.773. The highest BCUT2D eigenvalue weighted by Gasteiger charge is 2.31. The van der Waals surface area contributed by atoms with Gasteiger partial charge >= 0.3 is 0 Å². The molecule has 3 heterocycles. The van der Waals surface area contributed by atoms with Gasteiger partial charge in [-0.15, -0.1) is 24.0 Å². The highest BCUT2D eigenvalue weighted by molar-refractivity contribution is 14.0. The van der Waals surface area contributed by atoms with Crippen LogP contribution in [0.1, 0.15) is 31.2 Å². The molecule has 9 heteroatoms. The molecule has 31 heavy (non-hydrogen) atoms. The summed E-state index contributed by atoms with van der Waals surface area (Å²) >= 11 is 0. The van der Waals surface area contributed by atoms with Gasteiger partial charge in [-0.2, -0.15) is 5.10 Å². The maximum absolute atomic E-state index is 12.4. The number of aryl methyl sites for hydroxylation is 1. The Labute approximate surface area is 203 Å². The summed E-state index contributed by atoms with van der Waals surface area (Å²) in [5, 5.41) is 7.84. The number of likely N-dealkylation sites (tertiary alicyclic amines) is 1. The summed E-state index contributed by atoms with van der Waals surface area (Å²) in [5.41, 5.74) is 1.32. The van der Waals surface area contributed by atoms with Gasteiger partial charge in [-0.3, -0.25) is 19.4 Å². The lowest BCUT2D eigenvalue weighted by molar-refractivity contribution is -0.139. The molecule has 8 nitrogen and oxygen atoms in total. The van der Waals surface area contributed by atoms with Crippen molar-refractivity contribution in [2.75, 3.05) is 59.4 Å². The van der Waals surface area contributed by atoms with Crippen molar-refractivity contribution in [3.05, 3.63) is 18.0 Å². The molecule has 0 radical (unpaired) electrons. The standard InChI is InChI=1S/C22H37N7O.HI/c1-23-22(29-8-6-18(17-29)14-19-15-25-26(2)16-19)24-7-9-27-10-12-28(13-11-27)21(30)20-4-3-5-20;/h15-16,18,20H,3-14,17H2,1-2H3,(H,23,24);1H. The van der Waals surface area contributed by atoms with Crippen LogP contribution in [0.5, 0.6) is 0 Å². The summed E-state index contributed by atoms with van der Waals surface area (Å²) in [4.78, 5) is 23.8. The number of aromatic nitrogens is 2. The molecule has 1 saturated carbocycles. The molecule has 1 aromatic rings. The maximum atomic E-state index is 12.4. The molecule has 0 aromatic carbocycles. The molecular weight excluding hydrogens is 505 g/mol. The number of aliphatic imine (C=N–C) groups is 1. The van der Waals surface area contributed by atoms with E-state index in [-0.39, 0.29) is 24.0 Å². The molecule has 3 aliphatic rings. The van der Waals surface area contributed by atoms with Gasteiger partial charge in [0.05, 0.1) is 6.20 Å². The van der Waals surface area contributed by atoms with Crippen molar-refractivity contribution in [2.45, 2.75) is 32.1 Å². The molecule has 2 aliphatic heterocycles. The Hall–Kier alpha value is -1.36. The number of halogens is 1. The molecule has 4 rings (SSSR count). The quantitative estimate of drug-likeness (QED) is 0.334. The van der Waals surface area contributed by atoms with E-state index in [0.717, 1.165) is 77.6 Å². The number of hydrogen-bond acceptors (Lipinski definition) is 4. The van der Waals surface area contributed by atoms with Crippen molar-refractivity contribution in [2.24, 2.45) is 23.9 Å². The van der Waals surface area contributed by atoms with E-state index in [2.05, 4.69) is 36.3 Å². The summed E-state index contributed by atoms with van der Waals surface area (Å²) in [6.07, 6.45) is 9.82. The molecule has 1 aromatic heterocycles. The first-order valence-electron chi connectivity index (χ1n) is 11.6. The van der Waals surface area contributed by atoms with Gasteiger partial charge in [0.25, 0.3) is 0 Å². The third-order valence-electron chi connectivity index (χ3n) is 6.93. The van der Waals surface area contributed by atoms with Gasteiger partial charge in [0.15, 0.2) is 5.96 Å². The molecule has 3 fully saturated rings. The van der Waals surface area contributed by atoms with E-state index in [1.54, 1.807) is 0 Å². The Bertz CT molecular complexity index is 740. The number of piperazine rings is 1. The third-order valence-corrected chi connectivity index (χ3v) is 6.93. The van der Waals surface area contributed by atoms with Gasteiger partial charge in [-0.05, 0) is 37.2 Å². The first kappa shape index (κ1) is 24.3. The van der Waals surface area contributed by atoms with Crippen LogP contribution in [0.3, 0.4) is 0 Å². The molecular formula is C22H38IN7O. The van der Waals surface area contributed by atoms with Crippen molar-refractivity contribution in [1.29, 1.82) is 0 Å². The van der Waals surface area contributed by atoms with Gasteiger partial charge in [0.2, 0.25) is 5.91 Å². The van der Waals surface area contributed by atoms with Crippen LogP contribution in [0.15, 0.2) is 17.4 Å². The average Bonchev–Trinajstić information content (AvgIpc) is 3.33. The zero-order valence-electron chi connectivity index (χ0n) is 19.0. The molecule has 0 bridgehead atoms. The van der Waals surface area contributed by atoms with Crippen molar-refractivity contribution in [3.63, 3.8) is 0 Å². The summed E-state index contributed by atoms with van der Waals surface area (Å²) in [6, 6.07) is 0. The Morgan fingerprint density at radius 3 is 2.55 bits per heavy atom. The fourth-order valence-electron chi connectivity index (χ4n) is 4.87. The van der Waals surface area contributed by atoms with Crippen LogP contribution in [0, 0.1) is 11.8 Å². The predicted octanol–water partition coefficient (Wildman–Crippen LogP) is 1.42. The third kappa shape index (κ3) is 6.34. The van der Waals surface area contributed by atoms with Crippen LogP contribution >= 0.6 is 24.0 Å². The van der Waals surface area contributed by atoms with Crippen molar-refractivity contribution in [3.8, 4) is 0 Å². The number of hydrogen-bond donors (Lipinski definition) is 1. The SMILES string of the molecule is CN=C(NCCN1CCN(C(=O)C2CCC2)CC1)N1CCC(Cc2cnn(C)c2)C1.I. The Balaban J connectivity index is 0.00000272. The number of nitrogens with zero attached hydrogens (tertiary/aromatic N) is 6. The first-order valence-corrected chi connectivity index (χ1v) is 11.6. The average molecular weight is 543 g/mol. The normalized spacial score (nSPS) is 22.9. The van der Waals surface area contributed by atoms with Gasteiger partial charge in [0.1, 0.15) is 0 Å². The highest BCUT2D eigenvalue weighted by atomic mass is 127. The van der Waals surface area contributed by atoms with Crippen LogP contribution in [0.25, 0.3) is 0 Å². The molecule has 1 aliphatic carbocycles. The maximum Gasteiger partial charge on any atom is 0.225 e. The van der Waals surface area contributed by atoms with Crippen LogP contribution in [0.2, 0.25) is 0 Å². The van der Waals surface area contributed by atoms with Crippen molar-refractivity contribution in [1.82, 2.24) is 29.8 Å². The van der Waals surface area contributed by atoms with Crippen LogP contribution < -0.4 is 5.32 Å². The number of carbonyl (C=O) groups is 1. The van der Waals surface area contributed by atoms with E-state index in [0.29, 0.717) is 17.7 Å². The van der Waals surface area contributed by atoms with Gasteiger partial charge in [0, 0.05) is 78.6 Å².